The van der Waals surface area contributed by atoms with Crippen LogP contribution in [0.5, 0.6) is 0 Å². The van der Waals surface area contributed by atoms with Gasteiger partial charge in [0.1, 0.15) is 0 Å². The summed E-state index contributed by atoms with van der Waals surface area (Å²) in [5.74, 6) is 0. The monoisotopic (exact) mass is 286 g/mol. The molecule has 0 radical (unpaired) electrons. The van der Waals surface area contributed by atoms with E-state index in [0.717, 1.165) is 19.6 Å². The molecule has 0 amide bonds. The van der Waals surface area contributed by atoms with Crippen molar-refractivity contribution in [2.24, 2.45) is 0 Å². The first-order chi connectivity index (χ1) is 10.1. The normalized spacial score (nSPS) is 22.0. The van der Waals surface area contributed by atoms with Gasteiger partial charge in [0.25, 0.3) is 0 Å². The number of hydrogen-bond acceptors (Lipinski definition) is 2. The Morgan fingerprint density at radius 3 is 2.48 bits per heavy atom. The number of allylic oxidation sites excluding steroid dienone is 1. The van der Waals surface area contributed by atoms with E-state index < -0.39 is 0 Å². The third kappa shape index (κ3) is 3.96. The number of nitrogens with zero attached hydrogens (tertiary/aromatic N) is 1. The van der Waals surface area contributed by atoms with Crippen molar-refractivity contribution in [3.05, 3.63) is 47.5 Å². The second-order valence-electron chi connectivity index (χ2n) is 6.51. The fourth-order valence-corrected chi connectivity index (χ4v) is 3.22. The molecule has 1 aliphatic rings. The van der Waals surface area contributed by atoms with Crippen LogP contribution < -0.4 is 5.32 Å². The molecule has 1 aliphatic heterocycles. The van der Waals surface area contributed by atoms with E-state index in [-0.39, 0.29) is 5.54 Å². The lowest BCUT2D eigenvalue weighted by Crippen LogP contribution is -2.60. The van der Waals surface area contributed by atoms with Crippen molar-refractivity contribution in [1.29, 1.82) is 0 Å². The minimum absolute atomic E-state index is 0.279. The number of piperazine rings is 1. The van der Waals surface area contributed by atoms with Crippen LogP contribution in [0.4, 0.5) is 0 Å². The topological polar surface area (TPSA) is 15.3 Å². The van der Waals surface area contributed by atoms with Crippen LogP contribution in [-0.4, -0.2) is 30.1 Å². The summed E-state index contributed by atoms with van der Waals surface area (Å²) in [6.45, 7) is 12.2. The number of hydrogen-bond donors (Lipinski definition) is 1. The first-order valence-corrected chi connectivity index (χ1v) is 8.27. The van der Waals surface area contributed by atoms with E-state index in [1.165, 1.54) is 24.0 Å². The summed E-state index contributed by atoms with van der Waals surface area (Å²) in [5, 5.41) is 3.84. The zero-order chi connectivity index (χ0) is 15.3. The van der Waals surface area contributed by atoms with Crippen LogP contribution >= 0.6 is 0 Å². The van der Waals surface area contributed by atoms with Crippen LogP contribution in [0, 0.1) is 0 Å². The largest absolute Gasteiger partial charge is 0.308 e. The van der Waals surface area contributed by atoms with Crippen LogP contribution in [0.1, 0.15) is 52.1 Å². The molecule has 0 aliphatic carbocycles. The Hall–Kier alpha value is -1.12. The average molecular weight is 286 g/mol. The summed E-state index contributed by atoms with van der Waals surface area (Å²) in [7, 11) is 0. The summed E-state index contributed by atoms with van der Waals surface area (Å²) in [5.41, 5.74) is 3.10. The van der Waals surface area contributed by atoms with Crippen LogP contribution in [0.25, 0.3) is 0 Å². The molecule has 1 aromatic carbocycles. The van der Waals surface area contributed by atoms with E-state index >= 15 is 0 Å². The number of rotatable bonds is 5. The Labute approximate surface area is 130 Å². The number of benzene rings is 1. The van der Waals surface area contributed by atoms with Gasteiger partial charge in [-0.2, -0.15) is 0 Å². The summed E-state index contributed by atoms with van der Waals surface area (Å²) in [4.78, 5) is 2.64. The third-order valence-corrected chi connectivity index (χ3v) is 4.89. The summed E-state index contributed by atoms with van der Waals surface area (Å²) < 4.78 is 0. The van der Waals surface area contributed by atoms with Crippen LogP contribution in [-0.2, 0) is 0 Å². The second-order valence-corrected chi connectivity index (χ2v) is 6.51. The van der Waals surface area contributed by atoms with Gasteiger partial charge in [0.05, 0.1) is 0 Å². The molecular weight excluding hydrogens is 256 g/mol. The lowest BCUT2D eigenvalue weighted by molar-refractivity contribution is 0.0826. The summed E-state index contributed by atoms with van der Waals surface area (Å²) >= 11 is 0. The van der Waals surface area contributed by atoms with Crippen LogP contribution in [0.3, 0.4) is 0 Å². The predicted octanol–water partition coefficient (Wildman–Crippen LogP) is 4.16. The SMILES string of the molecule is CCC1(CC)CN(CC=C(C)C)C(c2ccccc2)CN1. The molecular formula is C19H30N2. The van der Waals surface area contributed by atoms with Gasteiger partial charge in [0.15, 0.2) is 0 Å². The van der Waals surface area contributed by atoms with E-state index in [1.807, 2.05) is 0 Å². The highest BCUT2D eigenvalue weighted by molar-refractivity contribution is 5.21. The molecule has 0 saturated carbocycles. The molecule has 2 rings (SSSR count). The van der Waals surface area contributed by atoms with Gasteiger partial charge in [-0.3, -0.25) is 4.90 Å². The molecule has 1 saturated heterocycles. The van der Waals surface area contributed by atoms with Crippen molar-refractivity contribution in [3.63, 3.8) is 0 Å². The Morgan fingerprint density at radius 2 is 1.90 bits per heavy atom. The Bertz CT molecular complexity index is 456. The van der Waals surface area contributed by atoms with Crippen LogP contribution in [0.15, 0.2) is 42.0 Å². The van der Waals surface area contributed by atoms with E-state index in [4.69, 9.17) is 0 Å². The Kier molecular flexibility index (Phi) is 5.60. The van der Waals surface area contributed by atoms with E-state index in [9.17, 15) is 0 Å². The second kappa shape index (κ2) is 7.24. The van der Waals surface area contributed by atoms with Gasteiger partial charge in [-0.15, -0.1) is 0 Å². The fourth-order valence-electron chi connectivity index (χ4n) is 3.22. The maximum Gasteiger partial charge on any atom is 0.0476 e. The molecule has 1 aromatic rings. The molecule has 116 valence electrons. The van der Waals surface area contributed by atoms with E-state index in [1.54, 1.807) is 0 Å². The number of nitrogens with one attached hydrogen (secondary N) is 1. The van der Waals surface area contributed by atoms with Gasteiger partial charge in [0, 0.05) is 31.2 Å². The van der Waals surface area contributed by atoms with Crippen molar-refractivity contribution >= 4 is 0 Å². The summed E-state index contributed by atoms with van der Waals surface area (Å²) in [6.07, 6.45) is 4.74. The highest BCUT2D eigenvalue weighted by Gasteiger charge is 2.36. The average Bonchev–Trinajstić information content (AvgIpc) is 2.53. The highest BCUT2D eigenvalue weighted by atomic mass is 15.2. The Balaban J connectivity index is 2.22. The molecule has 0 spiro atoms. The predicted molar refractivity (Wildman–Crippen MR) is 91.5 cm³/mol. The van der Waals surface area contributed by atoms with Crippen molar-refractivity contribution < 1.29 is 0 Å². The van der Waals surface area contributed by atoms with Crippen LogP contribution in [0.2, 0.25) is 0 Å². The maximum atomic E-state index is 3.84. The molecule has 1 heterocycles. The van der Waals surface area contributed by atoms with Gasteiger partial charge < -0.3 is 5.32 Å². The van der Waals surface area contributed by atoms with Crippen molar-refractivity contribution in [3.8, 4) is 0 Å². The minimum atomic E-state index is 0.279. The molecule has 1 N–H and O–H groups in total. The molecule has 21 heavy (non-hydrogen) atoms. The van der Waals surface area contributed by atoms with Crippen molar-refractivity contribution in [2.45, 2.75) is 52.1 Å². The molecule has 1 fully saturated rings. The van der Waals surface area contributed by atoms with E-state index in [0.29, 0.717) is 6.04 Å². The zero-order valence-electron chi connectivity index (χ0n) is 14.0. The van der Waals surface area contributed by atoms with Gasteiger partial charge >= 0.3 is 0 Å². The van der Waals surface area contributed by atoms with Crippen molar-refractivity contribution in [1.82, 2.24) is 10.2 Å². The molecule has 1 atom stereocenters. The highest BCUT2D eigenvalue weighted by Crippen LogP contribution is 2.30. The first-order valence-electron chi connectivity index (χ1n) is 8.27. The summed E-state index contributed by atoms with van der Waals surface area (Å²) in [6, 6.07) is 11.4. The lowest BCUT2D eigenvalue weighted by atomic mass is 9.87. The van der Waals surface area contributed by atoms with Crippen molar-refractivity contribution in [2.75, 3.05) is 19.6 Å². The molecule has 0 aromatic heterocycles. The van der Waals surface area contributed by atoms with Gasteiger partial charge in [-0.1, -0.05) is 55.8 Å². The minimum Gasteiger partial charge on any atom is -0.308 e. The lowest BCUT2D eigenvalue weighted by Gasteiger charge is -2.47. The molecule has 2 heteroatoms. The van der Waals surface area contributed by atoms with Gasteiger partial charge in [-0.25, -0.2) is 0 Å². The standard InChI is InChI=1S/C19H30N2/c1-5-19(6-2)15-21(13-12-16(3)4)18(14-20-19)17-10-8-7-9-11-17/h7-12,18,20H,5-6,13-15H2,1-4H3. The van der Waals surface area contributed by atoms with Gasteiger partial charge in [-0.05, 0) is 32.3 Å². The Morgan fingerprint density at radius 1 is 1.24 bits per heavy atom. The van der Waals surface area contributed by atoms with E-state index in [2.05, 4.69) is 74.3 Å². The smallest absolute Gasteiger partial charge is 0.0476 e. The zero-order valence-corrected chi connectivity index (χ0v) is 14.0. The quantitative estimate of drug-likeness (QED) is 0.818. The molecule has 1 unspecified atom stereocenters. The molecule has 0 bridgehead atoms. The molecule has 2 nitrogen and oxygen atoms in total. The first kappa shape index (κ1) is 16.3. The third-order valence-electron chi connectivity index (χ3n) is 4.89. The maximum absolute atomic E-state index is 3.84. The fraction of sp³-hybridized carbons (Fsp3) is 0.579. The van der Waals surface area contributed by atoms with Gasteiger partial charge in [0.2, 0.25) is 0 Å².